The van der Waals surface area contributed by atoms with Crippen molar-refractivity contribution in [1.82, 2.24) is 5.32 Å². The molecular formula is C11H16BrN. The second kappa shape index (κ2) is 4.25. The van der Waals surface area contributed by atoms with E-state index in [0.29, 0.717) is 0 Å². The van der Waals surface area contributed by atoms with Gasteiger partial charge in [0.25, 0.3) is 0 Å². The lowest BCUT2D eigenvalue weighted by atomic mass is 9.95. The molecule has 0 amide bonds. The predicted octanol–water partition coefficient (Wildman–Crippen LogP) is 2.99. The van der Waals surface area contributed by atoms with Gasteiger partial charge in [0.15, 0.2) is 0 Å². The van der Waals surface area contributed by atoms with E-state index in [1.165, 1.54) is 10.0 Å². The Hall–Kier alpha value is -0.340. The summed E-state index contributed by atoms with van der Waals surface area (Å²) in [5.41, 5.74) is 1.51. The molecule has 0 atom stereocenters. The summed E-state index contributed by atoms with van der Waals surface area (Å²) in [5.74, 6) is 0. The minimum Gasteiger partial charge on any atom is -0.314 e. The van der Waals surface area contributed by atoms with E-state index in [-0.39, 0.29) is 5.54 Å². The third-order valence-electron chi connectivity index (χ3n) is 2.27. The lowest BCUT2D eigenvalue weighted by molar-refractivity contribution is 0.421. The van der Waals surface area contributed by atoms with Crippen LogP contribution in [0.3, 0.4) is 0 Å². The monoisotopic (exact) mass is 241 g/mol. The number of likely N-dealkylation sites (N-methyl/N-ethyl adjacent to an activating group) is 1. The molecule has 1 nitrogen and oxygen atoms in total. The van der Waals surface area contributed by atoms with Crippen molar-refractivity contribution < 1.29 is 0 Å². The van der Waals surface area contributed by atoms with E-state index in [1.807, 2.05) is 13.1 Å². The molecule has 0 saturated heterocycles. The van der Waals surface area contributed by atoms with Gasteiger partial charge >= 0.3 is 0 Å². The van der Waals surface area contributed by atoms with Crippen LogP contribution in [0.2, 0.25) is 0 Å². The van der Waals surface area contributed by atoms with Crippen molar-refractivity contribution >= 4 is 15.9 Å². The first kappa shape index (κ1) is 10.7. The molecule has 72 valence electrons. The van der Waals surface area contributed by atoms with E-state index in [1.54, 1.807) is 0 Å². The third-order valence-corrected chi connectivity index (χ3v) is 3.04. The molecule has 1 aromatic rings. The minimum atomic E-state index is 0.157. The topological polar surface area (TPSA) is 12.0 Å². The van der Waals surface area contributed by atoms with E-state index in [0.717, 1.165) is 6.42 Å². The summed E-state index contributed by atoms with van der Waals surface area (Å²) in [5, 5.41) is 3.30. The highest BCUT2D eigenvalue weighted by molar-refractivity contribution is 9.10. The van der Waals surface area contributed by atoms with Gasteiger partial charge in [0.1, 0.15) is 0 Å². The van der Waals surface area contributed by atoms with Gasteiger partial charge in [-0.1, -0.05) is 34.1 Å². The van der Waals surface area contributed by atoms with Gasteiger partial charge in [-0.3, -0.25) is 0 Å². The molecule has 0 saturated carbocycles. The Morgan fingerprint density at radius 2 is 1.92 bits per heavy atom. The van der Waals surface area contributed by atoms with Crippen molar-refractivity contribution in [3.8, 4) is 0 Å². The Morgan fingerprint density at radius 3 is 2.46 bits per heavy atom. The molecule has 0 spiro atoms. The molecule has 1 aromatic carbocycles. The van der Waals surface area contributed by atoms with E-state index in [2.05, 4.69) is 53.3 Å². The van der Waals surface area contributed by atoms with Gasteiger partial charge in [0.2, 0.25) is 0 Å². The van der Waals surface area contributed by atoms with E-state index >= 15 is 0 Å². The van der Waals surface area contributed by atoms with E-state index in [4.69, 9.17) is 0 Å². The molecule has 0 radical (unpaired) electrons. The highest BCUT2D eigenvalue weighted by atomic mass is 79.9. The van der Waals surface area contributed by atoms with E-state index < -0.39 is 0 Å². The molecule has 0 aliphatic carbocycles. The fourth-order valence-corrected chi connectivity index (χ4v) is 1.63. The van der Waals surface area contributed by atoms with Gasteiger partial charge in [-0.25, -0.2) is 0 Å². The normalized spacial score (nSPS) is 11.7. The summed E-state index contributed by atoms with van der Waals surface area (Å²) < 4.78 is 1.19. The first-order valence-electron chi connectivity index (χ1n) is 4.47. The summed E-state index contributed by atoms with van der Waals surface area (Å²) in [4.78, 5) is 0. The van der Waals surface area contributed by atoms with Crippen LogP contribution < -0.4 is 5.32 Å². The fourth-order valence-electron chi connectivity index (χ4n) is 1.21. The second-order valence-electron chi connectivity index (χ2n) is 3.90. The number of hydrogen-bond donors (Lipinski definition) is 1. The summed E-state index contributed by atoms with van der Waals surface area (Å²) in [6, 6.07) is 8.36. The van der Waals surface area contributed by atoms with Crippen molar-refractivity contribution in [2.45, 2.75) is 25.8 Å². The molecule has 0 heterocycles. The minimum absolute atomic E-state index is 0.157. The Bertz CT molecular complexity index is 281. The maximum Gasteiger partial charge on any atom is 0.0207 e. The molecule has 1 rings (SSSR count). The molecule has 2 heteroatoms. The molecule has 0 fully saturated rings. The number of halogens is 1. The van der Waals surface area contributed by atoms with Crippen LogP contribution in [0.5, 0.6) is 0 Å². The zero-order chi connectivity index (χ0) is 9.90. The third kappa shape index (κ3) is 3.12. The highest BCUT2D eigenvalue weighted by Crippen LogP contribution is 2.20. The zero-order valence-electron chi connectivity index (χ0n) is 8.39. The Morgan fingerprint density at radius 1 is 1.31 bits per heavy atom. The Labute approximate surface area is 88.7 Å². The van der Waals surface area contributed by atoms with Gasteiger partial charge in [-0.15, -0.1) is 0 Å². The number of rotatable bonds is 3. The molecule has 0 aliphatic rings. The maximum atomic E-state index is 3.55. The quantitative estimate of drug-likeness (QED) is 0.859. The summed E-state index contributed by atoms with van der Waals surface area (Å²) >= 11 is 3.55. The van der Waals surface area contributed by atoms with Crippen LogP contribution >= 0.6 is 15.9 Å². The first-order valence-corrected chi connectivity index (χ1v) is 5.27. The highest BCUT2D eigenvalue weighted by Gasteiger charge is 2.16. The standard InChI is InChI=1S/C11H16BrN/c1-11(2,13-3)8-9-6-4-5-7-10(9)12/h4-7,13H,8H2,1-3H3. The van der Waals surface area contributed by atoms with Crippen molar-refractivity contribution in [1.29, 1.82) is 0 Å². The summed E-state index contributed by atoms with van der Waals surface area (Å²) in [6.45, 7) is 4.40. The molecule has 1 N–H and O–H groups in total. The zero-order valence-corrected chi connectivity index (χ0v) is 9.98. The van der Waals surface area contributed by atoms with Crippen molar-refractivity contribution in [2.24, 2.45) is 0 Å². The average molecular weight is 242 g/mol. The van der Waals surface area contributed by atoms with Crippen LogP contribution in [0.15, 0.2) is 28.7 Å². The van der Waals surface area contributed by atoms with Crippen LogP contribution in [-0.2, 0) is 6.42 Å². The average Bonchev–Trinajstić information content (AvgIpc) is 2.09. The van der Waals surface area contributed by atoms with Crippen LogP contribution in [0, 0.1) is 0 Å². The predicted molar refractivity (Wildman–Crippen MR) is 61.0 cm³/mol. The SMILES string of the molecule is CNC(C)(C)Cc1ccccc1Br. The van der Waals surface area contributed by atoms with Gasteiger partial charge in [0, 0.05) is 10.0 Å². The van der Waals surface area contributed by atoms with Crippen LogP contribution in [0.1, 0.15) is 19.4 Å². The van der Waals surface area contributed by atoms with Crippen molar-refractivity contribution in [3.63, 3.8) is 0 Å². The van der Waals surface area contributed by atoms with Crippen LogP contribution in [0.25, 0.3) is 0 Å². The smallest absolute Gasteiger partial charge is 0.0207 e. The number of nitrogens with one attached hydrogen (secondary N) is 1. The second-order valence-corrected chi connectivity index (χ2v) is 4.76. The van der Waals surface area contributed by atoms with Gasteiger partial charge in [-0.2, -0.15) is 0 Å². The van der Waals surface area contributed by atoms with Crippen molar-refractivity contribution in [3.05, 3.63) is 34.3 Å². The number of hydrogen-bond acceptors (Lipinski definition) is 1. The lowest BCUT2D eigenvalue weighted by Gasteiger charge is -2.24. The van der Waals surface area contributed by atoms with E-state index in [9.17, 15) is 0 Å². The maximum absolute atomic E-state index is 3.55. The summed E-state index contributed by atoms with van der Waals surface area (Å²) in [7, 11) is 2.00. The van der Waals surface area contributed by atoms with Crippen molar-refractivity contribution in [2.75, 3.05) is 7.05 Å². The van der Waals surface area contributed by atoms with Gasteiger partial charge in [-0.05, 0) is 38.9 Å². The molecule has 13 heavy (non-hydrogen) atoms. The van der Waals surface area contributed by atoms with Crippen LogP contribution in [-0.4, -0.2) is 12.6 Å². The fraction of sp³-hybridized carbons (Fsp3) is 0.455. The molecular weight excluding hydrogens is 226 g/mol. The molecule has 0 aromatic heterocycles. The van der Waals surface area contributed by atoms with Crippen LogP contribution in [0.4, 0.5) is 0 Å². The lowest BCUT2D eigenvalue weighted by Crippen LogP contribution is -2.38. The van der Waals surface area contributed by atoms with Gasteiger partial charge < -0.3 is 5.32 Å². The Balaban J connectivity index is 2.80. The first-order chi connectivity index (χ1) is 6.05. The molecule has 0 unspecified atom stereocenters. The largest absolute Gasteiger partial charge is 0.314 e. The molecule has 0 aliphatic heterocycles. The number of benzene rings is 1. The Kier molecular flexibility index (Phi) is 3.51. The van der Waals surface area contributed by atoms with Gasteiger partial charge in [0.05, 0.1) is 0 Å². The molecule has 0 bridgehead atoms. The summed E-state index contributed by atoms with van der Waals surface area (Å²) in [6.07, 6.45) is 1.03.